The number of nitrogens with zero attached hydrogens (tertiary/aromatic N) is 4. The second-order valence-corrected chi connectivity index (χ2v) is 5.87. The van der Waals surface area contributed by atoms with Crippen molar-refractivity contribution in [2.24, 2.45) is 5.92 Å². The summed E-state index contributed by atoms with van der Waals surface area (Å²) in [6.45, 7) is 3.21. The number of hydrogen-bond acceptors (Lipinski definition) is 4. The number of pyridine rings is 1. The monoisotopic (exact) mass is 277 g/mol. The van der Waals surface area contributed by atoms with E-state index in [0.29, 0.717) is 11.1 Å². The number of halogens is 1. The molecule has 6 heteroatoms. The van der Waals surface area contributed by atoms with E-state index >= 15 is 0 Å². The number of anilines is 1. The molecule has 2 aliphatic heterocycles. The van der Waals surface area contributed by atoms with Gasteiger partial charge in [-0.05, 0) is 37.4 Å². The number of aromatic nitrogens is 3. The summed E-state index contributed by atoms with van der Waals surface area (Å²) in [4.78, 5) is 6.87. The third-order valence-corrected chi connectivity index (χ3v) is 4.39. The van der Waals surface area contributed by atoms with Crippen molar-refractivity contribution in [3.8, 4) is 0 Å². The summed E-state index contributed by atoms with van der Waals surface area (Å²) in [6, 6.07) is 4.35. The highest BCUT2D eigenvalue weighted by molar-refractivity contribution is 6.30. The molecule has 0 amide bonds. The van der Waals surface area contributed by atoms with E-state index in [4.69, 9.17) is 11.6 Å². The maximum atomic E-state index is 5.97. The molecule has 100 valence electrons. The number of rotatable bonds is 1. The molecule has 4 heterocycles. The quantitative estimate of drug-likeness (QED) is 0.860. The molecule has 0 saturated carbocycles. The third-order valence-electron chi connectivity index (χ3n) is 4.17. The summed E-state index contributed by atoms with van der Waals surface area (Å²) < 4.78 is 1.76. The highest BCUT2D eigenvalue weighted by Gasteiger charge is 2.35. The van der Waals surface area contributed by atoms with Crippen LogP contribution in [0.3, 0.4) is 0 Å². The molecule has 0 bridgehead atoms. The van der Waals surface area contributed by atoms with Gasteiger partial charge in [0.1, 0.15) is 0 Å². The molecule has 2 aromatic rings. The van der Waals surface area contributed by atoms with Gasteiger partial charge in [0.25, 0.3) is 0 Å². The second-order valence-electron chi connectivity index (χ2n) is 5.43. The average Bonchev–Trinajstić information content (AvgIpc) is 3.00. The first-order valence-corrected chi connectivity index (χ1v) is 7.18. The first-order valence-electron chi connectivity index (χ1n) is 6.80. The molecule has 2 saturated heterocycles. The first-order chi connectivity index (χ1) is 9.29. The van der Waals surface area contributed by atoms with Crippen LogP contribution in [-0.2, 0) is 0 Å². The molecule has 4 rings (SSSR count). The lowest BCUT2D eigenvalue weighted by Crippen LogP contribution is -2.40. The highest BCUT2D eigenvalue weighted by Crippen LogP contribution is 2.27. The summed E-state index contributed by atoms with van der Waals surface area (Å²) in [5.74, 6) is 1.56. The van der Waals surface area contributed by atoms with Crippen LogP contribution in [0.5, 0.6) is 0 Å². The smallest absolute Gasteiger partial charge is 0.245 e. The highest BCUT2D eigenvalue weighted by atomic mass is 35.5. The van der Waals surface area contributed by atoms with Crippen LogP contribution in [-0.4, -0.2) is 40.3 Å². The van der Waals surface area contributed by atoms with E-state index in [1.165, 1.54) is 12.8 Å². The molecule has 2 unspecified atom stereocenters. The minimum atomic E-state index is 0.601. The molecule has 2 aliphatic rings. The van der Waals surface area contributed by atoms with Gasteiger partial charge in [0.15, 0.2) is 5.65 Å². The van der Waals surface area contributed by atoms with E-state index in [0.717, 1.165) is 37.1 Å². The summed E-state index contributed by atoms with van der Waals surface area (Å²) >= 11 is 5.97. The van der Waals surface area contributed by atoms with Crippen molar-refractivity contribution in [1.82, 2.24) is 19.9 Å². The molecule has 5 nitrogen and oxygen atoms in total. The SMILES string of the molecule is Clc1ccc2nc(N3CC4CCCNC4C3)nn2c1. The molecule has 2 fully saturated rings. The van der Waals surface area contributed by atoms with Gasteiger partial charge in [-0.25, -0.2) is 4.52 Å². The van der Waals surface area contributed by atoms with Crippen LogP contribution in [0.25, 0.3) is 5.65 Å². The zero-order valence-corrected chi connectivity index (χ0v) is 11.3. The van der Waals surface area contributed by atoms with Crippen molar-refractivity contribution in [2.75, 3.05) is 24.5 Å². The molecule has 2 atom stereocenters. The van der Waals surface area contributed by atoms with Crippen molar-refractivity contribution >= 4 is 23.2 Å². The Morgan fingerprint density at radius 1 is 1.32 bits per heavy atom. The van der Waals surface area contributed by atoms with Crippen molar-refractivity contribution in [3.05, 3.63) is 23.4 Å². The Balaban J connectivity index is 1.64. The fraction of sp³-hybridized carbons (Fsp3) is 0.538. The minimum Gasteiger partial charge on any atom is -0.338 e. The number of hydrogen-bond donors (Lipinski definition) is 1. The lowest BCUT2D eigenvalue weighted by atomic mass is 9.94. The van der Waals surface area contributed by atoms with Crippen LogP contribution >= 0.6 is 11.6 Å². The van der Waals surface area contributed by atoms with Crippen molar-refractivity contribution in [1.29, 1.82) is 0 Å². The lowest BCUT2D eigenvalue weighted by molar-refractivity contribution is 0.340. The topological polar surface area (TPSA) is 45.5 Å². The third kappa shape index (κ3) is 1.97. The minimum absolute atomic E-state index is 0.601. The van der Waals surface area contributed by atoms with E-state index in [9.17, 15) is 0 Å². The van der Waals surface area contributed by atoms with E-state index in [1.54, 1.807) is 10.7 Å². The van der Waals surface area contributed by atoms with Gasteiger partial charge < -0.3 is 10.2 Å². The van der Waals surface area contributed by atoms with Crippen molar-refractivity contribution < 1.29 is 0 Å². The normalized spacial score (nSPS) is 26.9. The van der Waals surface area contributed by atoms with Gasteiger partial charge >= 0.3 is 0 Å². The predicted octanol–water partition coefficient (Wildman–Crippen LogP) is 1.57. The van der Waals surface area contributed by atoms with Gasteiger partial charge in [-0.2, -0.15) is 4.98 Å². The van der Waals surface area contributed by atoms with E-state index in [2.05, 4.69) is 20.3 Å². The molecule has 0 aromatic carbocycles. The van der Waals surface area contributed by atoms with Gasteiger partial charge in [0, 0.05) is 25.3 Å². The largest absolute Gasteiger partial charge is 0.338 e. The number of nitrogens with one attached hydrogen (secondary N) is 1. The van der Waals surface area contributed by atoms with E-state index < -0.39 is 0 Å². The Kier molecular flexibility index (Phi) is 2.63. The Morgan fingerprint density at radius 2 is 2.26 bits per heavy atom. The fourth-order valence-corrected chi connectivity index (χ4v) is 3.35. The van der Waals surface area contributed by atoms with Crippen LogP contribution in [0.4, 0.5) is 5.95 Å². The van der Waals surface area contributed by atoms with Gasteiger partial charge in [-0.1, -0.05) is 11.6 Å². The summed E-state index contributed by atoms with van der Waals surface area (Å²) in [5, 5.41) is 8.81. The molecular formula is C13H16ClN5. The zero-order valence-electron chi connectivity index (χ0n) is 10.6. The lowest BCUT2D eigenvalue weighted by Gasteiger charge is -2.24. The summed E-state index contributed by atoms with van der Waals surface area (Å²) in [7, 11) is 0. The van der Waals surface area contributed by atoms with Crippen LogP contribution in [0.1, 0.15) is 12.8 Å². The standard InChI is InChI=1S/C13H16ClN5/c14-10-3-4-12-16-13(17-19(12)7-10)18-6-9-2-1-5-15-11(9)8-18/h3-4,7,9,11,15H,1-2,5-6,8H2. The Labute approximate surface area is 116 Å². The molecule has 0 radical (unpaired) electrons. The van der Waals surface area contributed by atoms with Crippen LogP contribution < -0.4 is 10.2 Å². The maximum Gasteiger partial charge on any atom is 0.245 e. The van der Waals surface area contributed by atoms with Crippen LogP contribution in [0, 0.1) is 5.92 Å². The molecule has 0 aliphatic carbocycles. The Hall–Kier alpha value is -1.33. The maximum absolute atomic E-state index is 5.97. The van der Waals surface area contributed by atoms with Gasteiger partial charge in [-0.3, -0.25) is 0 Å². The van der Waals surface area contributed by atoms with Gasteiger partial charge in [0.05, 0.1) is 5.02 Å². The number of piperidine rings is 1. The summed E-state index contributed by atoms with van der Waals surface area (Å²) in [5.41, 5.74) is 0.849. The van der Waals surface area contributed by atoms with Crippen molar-refractivity contribution in [3.63, 3.8) is 0 Å². The second kappa shape index (κ2) is 4.35. The molecule has 1 N–H and O–H groups in total. The molecule has 2 aromatic heterocycles. The fourth-order valence-electron chi connectivity index (χ4n) is 3.19. The van der Waals surface area contributed by atoms with Crippen LogP contribution in [0.2, 0.25) is 5.02 Å². The Morgan fingerprint density at radius 3 is 3.16 bits per heavy atom. The zero-order chi connectivity index (χ0) is 12.8. The first kappa shape index (κ1) is 11.5. The van der Waals surface area contributed by atoms with E-state index in [-0.39, 0.29) is 0 Å². The average molecular weight is 278 g/mol. The number of fused-ring (bicyclic) bond motifs is 2. The predicted molar refractivity (Wildman–Crippen MR) is 74.7 cm³/mol. The van der Waals surface area contributed by atoms with Crippen LogP contribution in [0.15, 0.2) is 18.3 Å². The molecule has 0 spiro atoms. The van der Waals surface area contributed by atoms with Gasteiger partial charge in [0.2, 0.25) is 5.95 Å². The summed E-state index contributed by atoms with van der Waals surface area (Å²) in [6.07, 6.45) is 4.39. The van der Waals surface area contributed by atoms with E-state index in [1.807, 2.05) is 12.1 Å². The molecule has 19 heavy (non-hydrogen) atoms. The Bertz CT molecular complexity index is 596. The molecular weight excluding hydrogens is 262 g/mol. The van der Waals surface area contributed by atoms with Crippen molar-refractivity contribution in [2.45, 2.75) is 18.9 Å². The van der Waals surface area contributed by atoms with Gasteiger partial charge in [-0.15, -0.1) is 5.10 Å².